The van der Waals surface area contributed by atoms with Gasteiger partial charge in [0.25, 0.3) is 0 Å². The van der Waals surface area contributed by atoms with Crippen LogP contribution in [-0.4, -0.2) is 11.3 Å². The minimum absolute atomic E-state index is 0. The van der Waals surface area contributed by atoms with Crippen LogP contribution in [0, 0.1) is 38.6 Å². The minimum Gasteiger partial charge on any atom is 0 e. The molecule has 37 valence electrons. The molecule has 6 heavy (non-hydrogen) atoms. The van der Waals surface area contributed by atoms with Crippen molar-refractivity contribution in [1.82, 2.24) is 0 Å². The van der Waals surface area contributed by atoms with Gasteiger partial charge in [-0.25, -0.2) is 0 Å². The third-order valence-corrected chi connectivity index (χ3v) is 0.639. The molecule has 0 amide bonds. The Kier molecular flexibility index (Phi) is 10.8. The number of hydrogen-bond acceptors (Lipinski definition) is 2. The van der Waals surface area contributed by atoms with Crippen LogP contribution in [0.1, 0.15) is 0 Å². The second-order valence-corrected chi connectivity index (χ2v) is 1.01. The van der Waals surface area contributed by atoms with Crippen LogP contribution in [0.2, 0.25) is 0 Å². The van der Waals surface area contributed by atoms with Crippen molar-refractivity contribution < 1.29 is 73.2 Å². The van der Waals surface area contributed by atoms with Crippen LogP contribution < -0.4 is 0 Å². The fourth-order valence-corrected chi connectivity index (χ4v) is 0. The van der Waals surface area contributed by atoms with E-state index in [-0.39, 0.29) is 38.6 Å². The van der Waals surface area contributed by atoms with Crippen molar-refractivity contribution in [2.24, 2.45) is 0 Å². The molecule has 0 spiro atoms. The summed E-state index contributed by atoms with van der Waals surface area (Å²) in [4.78, 5) is 9.17. The summed E-state index contributed by atoms with van der Waals surface area (Å²) in [5, 5.41) is 7.53. The average molecular weight is 401 g/mol. The molecule has 1 N–H and O–H groups in total. The maximum atomic E-state index is 9.17. The van der Waals surface area contributed by atoms with E-state index < -0.39 is 6.16 Å². The predicted octanol–water partition coefficient (Wildman–Crippen LogP) is 0.143. The van der Waals surface area contributed by atoms with Gasteiger partial charge in [0.05, 0.1) is 0 Å². The largest absolute Gasteiger partial charge is 0 e. The van der Waals surface area contributed by atoms with Gasteiger partial charge in [-0.2, -0.15) is 0 Å². The second-order valence-electron chi connectivity index (χ2n) is 0.357. The van der Waals surface area contributed by atoms with E-state index in [2.05, 4.69) is 3.24 Å². The van der Waals surface area contributed by atoms with Crippen LogP contribution in [-0.2, 0) is 24.7 Å². The average Bonchev–Trinajstić information content (AvgIpc) is 1.38. The van der Waals surface area contributed by atoms with Crippen LogP contribution >= 0.6 is 0 Å². The topological polar surface area (TPSA) is 46.5 Å². The SMILES string of the molecule is O=C(O)[O][Ta].[Tb]. The van der Waals surface area contributed by atoms with Gasteiger partial charge in [0.15, 0.2) is 0 Å². The van der Waals surface area contributed by atoms with Gasteiger partial charge >= 0.3 is 40.8 Å². The van der Waals surface area contributed by atoms with Crippen LogP contribution in [0.4, 0.5) is 4.79 Å². The molecule has 0 aromatic carbocycles. The molecule has 3 nitrogen and oxygen atoms in total. The molecule has 0 saturated heterocycles. The Morgan fingerprint density at radius 2 is 2.00 bits per heavy atom. The van der Waals surface area contributed by atoms with Crippen LogP contribution in [0.5, 0.6) is 0 Å². The van der Waals surface area contributed by atoms with Crippen LogP contribution in [0.15, 0.2) is 0 Å². The minimum atomic E-state index is -1.20. The first-order valence-corrected chi connectivity index (χ1v) is 2.13. The molecule has 0 rings (SSSR count). The summed E-state index contributed by atoms with van der Waals surface area (Å²) >= 11 is 0.439. The Morgan fingerprint density at radius 3 is 2.00 bits per heavy atom. The number of carboxylic acid groups (broad SMARTS) is 1. The van der Waals surface area contributed by atoms with Gasteiger partial charge in [0.2, 0.25) is 0 Å². The van der Waals surface area contributed by atoms with E-state index >= 15 is 0 Å². The molecule has 0 fully saturated rings. The molecule has 0 aromatic rings. The summed E-state index contributed by atoms with van der Waals surface area (Å²) in [6.07, 6.45) is -1.20. The van der Waals surface area contributed by atoms with Crippen molar-refractivity contribution in [3.63, 3.8) is 0 Å². The van der Waals surface area contributed by atoms with Crippen LogP contribution in [0.25, 0.3) is 0 Å². The maximum Gasteiger partial charge on any atom is 0 e. The number of rotatable bonds is 0. The Balaban J connectivity index is 0. The van der Waals surface area contributed by atoms with Crippen molar-refractivity contribution >= 4 is 6.16 Å². The third kappa shape index (κ3) is 9.00. The first-order chi connectivity index (χ1) is 2.27. The van der Waals surface area contributed by atoms with E-state index in [1.54, 1.807) is 0 Å². The van der Waals surface area contributed by atoms with Gasteiger partial charge in [-0.1, -0.05) is 0 Å². The zero-order chi connectivity index (χ0) is 4.28. The van der Waals surface area contributed by atoms with E-state index in [1.807, 2.05) is 0 Å². The Bertz CT molecular complexity index is 46.1. The van der Waals surface area contributed by atoms with E-state index in [0.717, 1.165) is 0 Å². The van der Waals surface area contributed by atoms with Gasteiger partial charge < -0.3 is 0 Å². The monoisotopic (exact) mass is 401 g/mol. The molecule has 0 aliphatic carbocycles. The van der Waals surface area contributed by atoms with E-state index in [9.17, 15) is 4.79 Å². The molecular formula is CHO3TaTb. The van der Waals surface area contributed by atoms with Crippen molar-refractivity contribution in [2.45, 2.75) is 0 Å². The van der Waals surface area contributed by atoms with Crippen LogP contribution in [0.3, 0.4) is 0 Å². The fraction of sp³-hybridized carbons (Fsp3) is 0. The van der Waals surface area contributed by atoms with E-state index in [4.69, 9.17) is 5.11 Å². The predicted molar refractivity (Wildman–Crippen MR) is 9.11 cm³/mol. The Hall–Kier alpha value is 1.30. The van der Waals surface area contributed by atoms with Gasteiger partial charge in [0, 0.05) is 38.6 Å². The number of hydrogen-bond donors (Lipinski definition) is 1. The molecule has 0 saturated carbocycles. The van der Waals surface area contributed by atoms with E-state index in [0.29, 0.717) is 21.5 Å². The first kappa shape index (κ1) is 10.3. The van der Waals surface area contributed by atoms with E-state index in [1.165, 1.54) is 0 Å². The molecular weight excluding hydrogens is 400 g/mol. The molecule has 0 heterocycles. The third-order valence-electron chi connectivity index (χ3n) is 0.0781. The van der Waals surface area contributed by atoms with Crippen molar-refractivity contribution in [2.75, 3.05) is 0 Å². The summed E-state index contributed by atoms with van der Waals surface area (Å²) < 4.78 is 3.78. The molecule has 0 atom stereocenters. The van der Waals surface area contributed by atoms with Crippen molar-refractivity contribution in [1.29, 1.82) is 0 Å². The Labute approximate surface area is 78.3 Å². The first-order valence-electron chi connectivity index (χ1n) is 0.814. The summed E-state index contributed by atoms with van der Waals surface area (Å²) in [5.74, 6) is 0. The normalized spacial score (nSPS) is 5.33. The second kappa shape index (κ2) is 6.30. The van der Waals surface area contributed by atoms with Gasteiger partial charge in [-0.05, 0) is 0 Å². The summed E-state index contributed by atoms with van der Waals surface area (Å²) in [6.45, 7) is 0. The fourth-order valence-electron chi connectivity index (χ4n) is 0. The molecule has 0 aromatic heterocycles. The van der Waals surface area contributed by atoms with Crippen molar-refractivity contribution in [3.8, 4) is 0 Å². The molecule has 0 aliphatic rings. The summed E-state index contributed by atoms with van der Waals surface area (Å²) in [6, 6.07) is 0. The molecule has 1 radical (unpaired) electrons. The zero-order valence-electron chi connectivity index (χ0n) is 2.54. The number of carbonyl (C=O) groups is 1. The molecule has 0 bridgehead atoms. The smallest absolute Gasteiger partial charge is 0 e. The summed E-state index contributed by atoms with van der Waals surface area (Å²) in [5.41, 5.74) is 0. The summed E-state index contributed by atoms with van der Waals surface area (Å²) in [7, 11) is 0. The molecule has 0 aliphatic heterocycles. The standard InChI is InChI=1S/CH2O3.Ta.Tb/c2-1(3)4;;/h(H2,2,3,4);;/q;+1;/p-1. The van der Waals surface area contributed by atoms with Gasteiger partial charge in [-0.15, -0.1) is 0 Å². The zero-order valence-corrected chi connectivity index (χ0v) is 7.90. The van der Waals surface area contributed by atoms with Gasteiger partial charge in [0.1, 0.15) is 0 Å². The molecule has 0 unspecified atom stereocenters. The van der Waals surface area contributed by atoms with Crippen molar-refractivity contribution in [3.05, 3.63) is 0 Å². The molecule has 5 heteroatoms. The Morgan fingerprint density at radius 1 is 1.83 bits per heavy atom. The quantitative estimate of drug-likeness (QED) is 0.629. The van der Waals surface area contributed by atoms with Gasteiger partial charge in [-0.3, -0.25) is 0 Å². The maximum absolute atomic E-state index is 9.17.